The smallest absolute Gasteiger partial charge is 0.255 e. The van der Waals surface area contributed by atoms with E-state index >= 15 is 0 Å². The molecule has 0 spiro atoms. The molecule has 2 bridgehead atoms. The summed E-state index contributed by atoms with van der Waals surface area (Å²) >= 11 is 0. The molecule has 0 aliphatic carbocycles. The van der Waals surface area contributed by atoms with Gasteiger partial charge in [0.25, 0.3) is 11.5 Å². The van der Waals surface area contributed by atoms with E-state index in [1.54, 1.807) is 11.0 Å². The van der Waals surface area contributed by atoms with E-state index in [4.69, 9.17) is 0 Å². The van der Waals surface area contributed by atoms with Gasteiger partial charge in [-0.05, 0) is 36.0 Å². The minimum Gasteiger partial charge on any atom is -0.340 e. The van der Waals surface area contributed by atoms with Gasteiger partial charge in [-0.3, -0.25) is 14.4 Å². The number of pyridine rings is 1. The number of piperidine rings is 1. The molecule has 1 saturated heterocycles. The molecule has 6 nitrogen and oxygen atoms in total. The van der Waals surface area contributed by atoms with E-state index in [0.717, 1.165) is 17.7 Å². The van der Waals surface area contributed by atoms with Crippen LogP contribution in [0.4, 0.5) is 0 Å². The number of likely N-dealkylation sites (tertiary alicyclic amines) is 1. The fourth-order valence-corrected chi connectivity index (χ4v) is 5.54. The Balaban J connectivity index is 1.41. The van der Waals surface area contributed by atoms with Crippen LogP contribution in [0.3, 0.4) is 0 Å². The summed E-state index contributed by atoms with van der Waals surface area (Å²) in [7, 11) is 0. The van der Waals surface area contributed by atoms with Gasteiger partial charge >= 0.3 is 0 Å². The third-order valence-electron chi connectivity index (χ3n) is 6.86. The third-order valence-corrected chi connectivity index (χ3v) is 6.86. The molecule has 1 fully saturated rings. The quantitative estimate of drug-likeness (QED) is 0.788. The van der Waals surface area contributed by atoms with Crippen LogP contribution in [0.1, 0.15) is 47.8 Å². The highest BCUT2D eigenvalue weighted by Crippen LogP contribution is 2.36. The van der Waals surface area contributed by atoms with E-state index in [-0.39, 0.29) is 35.1 Å². The van der Waals surface area contributed by atoms with Crippen molar-refractivity contribution in [1.82, 2.24) is 14.4 Å². The summed E-state index contributed by atoms with van der Waals surface area (Å²) < 4.78 is 1.88. The van der Waals surface area contributed by atoms with Crippen molar-refractivity contribution in [3.05, 3.63) is 69.6 Å². The second-order valence-corrected chi connectivity index (χ2v) is 9.22. The van der Waals surface area contributed by atoms with Crippen LogP contribution >= 0.6 is 0 Å². The molecule has 3 aliphatic rings. The average Bonchev–Trinajstić information content (AvgIpc) is 3.05. The van der Waals surface area contributed by atoms with Crippen molar-refractivity contribution in [3.8, 4) is 0 Å². The van der Waals surface area contributed by atoms with Crippen LogP contribution < -0.4 is 5.56 Å². The molecular weight excluding hydrogens is 378 g/mol. The number of carbonyl (C=O) groups excluding carboxylic acids is 2. The van der Waals surface area contributed by atoms with E-state index in [2.05, 4.69) is 0 Å². The summed E-state index contributed by atoms with van der Waals surface area (Å²) in [6.07, 6.45) is 1.01. The lowest BCUT2D eigenvalue weighted by Crippen LogP contribution is -2.56. The van der Waals surface area contributed by atoms with E-state index in [1.807, 2.05) is 59.7 Å². The molecule has 6 heteroatoms. The van der Waals surface area contributed by atoms with Crippen molar-refractivity contribution >= 4 is 11.8 Å². The summed E-state index contributed by atoms with van der Waals surface area (Å²) in [6, 6.07) is 12.6. The van der Waals surface area contributed by atoms with Gasteiger partial charge in [0.1, 0.15) is 6.04 Å². The fraction of sp³-hybridized carbons (Fsp3) is 0.458. The molecule has 2 amide bonds. The van der Waals surface area contributed by atoms with Crippen LogP contribution in [0.15, 0.2) is 47.3 Å². The van der Waals surface area contributed by atoms with Gasteiger partial charge in [-0.15, -0.1) is 0 Å². The summed E-state index contributed by atoms with van der Waals surface area (Å²) in [4.78, 5) is 42.7. The lowest BCUT2D eigenvalue weighted by molar-refractivity contribution is -0.140. The standard InChI is InChI=1S/C24H27N3O3/c1-15(2)22(27-14-17-6-3-4-7-19(17)23(27)29)24(30)25-11-16-10-18(13-25)20-8-5-9-21(28)26(20)12-16/h3-9,15-16,18,22H,10-14H2,1-2H3/t16?,18?,22-/m0/s1. The number of hydrogen-bond acceptors (Lipinski definition) is 3. The summed E-state index contributed by atoms with van der Waals surface area (Å²) in [5.74, 6) is 0.459. The van der Waals surface area contributed by atoms with Gasteiger partial charge in [-0.1, -0.05) is 38.1 Å². The molecule has 4 heterocycles. The molecule has 156 valence electrons. The number of hydrogen-bond donors (Lipinski definition) is 0. The first-order valence-electron chi connectivity index (χ1n) is 10.8. The fourth-order valence-electron chi connectivity index (χ4n) is 5.54. The predicted octanol–water partition coefficient (Wildman–Crippen LogP) is 2.47. The lowest BCUT2D eigenvalue weighted by Gasteiger charge is -2.45. The van der Waals surface area contributed by atoms with Gasteiger partial charge in [0.05, 0.1) is 0 Å². The summed E-state index contributed by atoms with van der Waals surface area (Å²) in [5, 5.41) is 0. The van der Waals surface area contributed by atoms with E-state index < -0.39 is 6.04 Å². The van der Waals surface area contributed by atoms with Crippen molar-refractivity contribution in [3.63, 3.8) is 0 Å². The molecule has 3 atom stereocenters. The molecule has 5 rings (SSSR count). The molecule has 3 aliphatic heterocycles. The zero-order valence-corrected chi connectivity index (χ0v) is 17.5. The van der Waals surface area contributed by atoms with E-state index in [9.17, 15) is 14.4 Å². The largest absolute Gasteiger partial charge is 0.340 e. The van der Waals surface area contributed by atoms with Gasteiger partial charge in [0.2, 0.25) is 5.91 Å². The third kappa shape index (κ3) is 2.97. The Morgan fingerprint density at radius 3 is 2.57 bits per heavy atom. The molecule has 1 aromatic heterocycles. The van der Waals surface area contributed by atoms with Crippen molar-refractivity contribution in [2.75, 3.05) is 13.1 Å². The number of carbonyl (C=O) groups is 2. The van der Waals surface area contributed by atoms with Crippen LogP contribution in [-0.4, -0.2) is 45.3 Å². The SMILES string of the molecule is CC(C)[C@@H](C(=O)N1CC2CC(C1)c1cccc(=O)n1C2)N1Cc2ccccc2C1=O. The Hall–Kier alpha value is -2.89. The number of fused-ring (bicyclic) bond motifs is 5. The van der Waals surface area contributed by atoms with Crippen molar-refractivity contribution in [2.45, 2.75) is 45.3 Å². The molecular formula is C24H27N3O3. The Morgan fingerprint density at radius 2 is 1.80 bits per heavy atom. The topological polar surface area (TPSA) is 62.6 Å². The van der Waals surface area contributed by atoms with Gasteiger partial charge in [-0.25, -0.2) is 0 Å². The van der Waals surface area contributed by atoms with Crippen LogP contribution in [0.2, 0.25) is 0 Å². The van der Waals surface area contributed by atoms with Crippen molar-refractivity contribution < 1.29 is 9.59 Å². The minimum atomic E-state index is -0.471. The highest BCUT2D eigenvalue weighted by molar-refractivity contribution is 6.01. The minimum absolute atomic E-state index is 0.0208. The maximum atomic E-state index is 13.7. The first kappa shape index (κ1) is 19.1. The average molecular weight is 405 g/mol. The number of benzene rings is 1. The molecule has 0 N–H and O–H groups in total. The van der Waals surface area contributed by atoms with Crippen LogP contribution in [0.5, 0.6) is 0 Å². The van der Waals surface area contributed by atoms with Crippen molar-refractivity contribution in [2.24, 2.45) is 11.8 Å². The Morgan fingerprint density at radius 1 is 1.00 bits per heavy atom. The second-order valence-electron chi connectivity index (χ2n) is 9.22. The van der Waals surface area contributed by atoms with Gasteiger partial charge in [-0.2, -0.15) is 0 Å². The number of nitrogens with zero attached hydrogens (tertiary/aromatic N) is 3. The normalized spacial score (nSPS) is 23.4. The molecule has 0 saturated carbocycles. The van der Waals surface area contributed by atoms with Crippen LogP contribution in [-0.2, 0) is 17.9 Å². The second kappa shape index (κ2) is 7.11. The van der Waals surface area contributed by atoms with Crippen molar-refractivity contribution in [1.29, 1.82) is 0 Å². The number of aromatic nitrogens is 1. The van der Waals surface area contributed by atoms with Gasteiger partial charge < -0.3 is 14.4 Å². The first-order valence-corrected chi connectivity index (χ1v) is 10.8. The van der Waals surface area contributed by atoms with Crippen LogP contribution in [0.25, 0.3) is 0 Å². The van der Waals surface area contributed by atoms with Gasteiger partial charge in [0.15, 0.2) is 0 Å². The van der Waals surface area contributed by atoms with E-state index in [0.29, 0.717) is 31.7 Å². The number of amides is 2. The van der Waals surface area contributed by atoms with Crippen LogP contribution in [0, 0.1) is 11.8 Å². The Kier molecular flexibility index (Phi) is 4.53. The summed E-state index contributed by atoms with van der Waals surface area (Å²) in [6.45, 7) is 6.43. The zero-order chi connectivity index (χ0) is 21.0. The molecule has 2 unspecified atom stereocenters. The maximum absolute atomic E-state index is 13.7. The maximum Gasteiger partial charge on any atom is 0.255 e. The summed E-state index contributed by atoms with van der Waals surface area (Å²) in [5.41, 5.74) is 2.77. The Bertz CT molecular complexity index is 1070. The molecule has 30 heavy (non-hydrogen) atoms. The molecule has 1 aromatic carbocycles. The number of rotatable bonds is 3. The highest BCUT2D eigenvalue weighted by Gasteiger charge is 2.43. The Labute approximate surface area is 176 Å². The highest BCUT2D eigenvalue weighted by atomic mass is 16.2. The lowest BCUT2D eigenvalue weighted by atomic mass is 9.82. The van der Waals surface area contributed by atoms with Gasteiger partial charge in [0, 0.05) is 49.4 Å². The zero-order valence-electron chi connectivity index (χ0n) is 17.5. The molecule has 2 aromatic rings. The first-order chi connectivity index (χ1) is 14.4. The predicted molar refractivity (Wildman–Crippen MR) is 113 cm³/mol. The molecule has 0 radical (unpaired) electrons. The van der Waals surface area contributed by atoms with E-state index in [1.165, 1.54) is 0 Å². The monoisotopic (exact) mass is 405 g/mol.